The van der Waals surface area contributed by atoms with E-state index < -0.39 is 12.0 Å². The zero-order valence-corrected chi connectivity index (χ0v) is 12.2. The van der Waals surface area contributed by atoms with Gasteiger partial charge in [-0.25, -0.2) is 0 Å². The zero-order chi connectivity index (χ0) is 12.4. The van der Waals surface area contributed by atoms with E-state index in [2.05, 4.69) is 24.3 Å². The van der Waals surface area contributed by atoms with Crippen LogP contribution in [-0.2, 0) is 24.3 Å². The first kappa shape index (κ1) is 18.9. The van der Waals surface area contributed by atoms with Gasteiger partial charge in [0.05, 0.1) is 5.97 Å². The number of aliphatic carboxylic acids is 1. The number of rotatable bonds is 2. The fraction of sp³-hybridized carbons (Fsp3) is 0.615. The Hall–Kier alpha value is -0.467. The van der Waals surface area contributed by atoms with E-state index in [9.17, 15) is 9.90 Å². The average molecular weight is 327 g/mol. The third-order valence-electron chi connectivity index (χ3n) is 2.32. The molecule has 0 unspecified atom stereocenters. The maximum Gasteiger partial charge on any atom is 0.0584 e. The molecule has 0 amide bonds. The SMILES string of the molecule is C1=C\CC/C=C\CC/1.CC(C)[C@@H](N)C(=O)[O-].[Rh]. The van der Waals surface area contributed by atoms with E-state index in [-0.39, 0.29) is 25.4 Å². The molecule has 0 aromatic heterocycles. The first-order valence-corrected chi connectivity index (χ1v) is 5.82. The molecule has 17 heavy (non-hydrogen) atoms. The Morgan fingerprint density at radius 3 is 1.47 bits per heavy atom. The molecule has 1 atom stereocenters. The maximum atomic E-state index is 9.90. The molecule has 1 aliphatic rings. The van der Waals surface area contributed by atoms with Crippen LogP contribution in [0.15, 0.2) is 24.3 Å². The number of carboxylic acids is 1. The third-order valence-corrected chi connectivity index (χ3v) is 2.32. The molecule has 0 aliphatic heterocycles. The second-order valence-corrected chi connectivity index (χ2v) is 4.19. The Morgan fingerprint density at radius 2 is 1.35 bits per heavy atom. The van der Waals surface area contributed by atoms with Crippen LogP contribution >= 0.6 is 0 Å². The van der Waals surface area contributed by atoms with Crippen LogP contribution in [0.25, 0.3) is 0 Å². The normalized spacial score (nSPS) is 19.8. The largest absolute Gasteiger partial charge is 0.548 e. The number of carbonyl (C=O) groups excluding carboxylic acids is 1. The summed E-state index contributed by atoms with van der Waals surface area (Å²) in [5.74, 6) is -1.22. The van der Waals surface area contributed by atoms with Gasteiger partial charge in [0.1, 0.15) is 0 Å². The monoisotopic (exact) mass is 327 g/mol. The number of hydrogen-bond acceptors (Lipinski definition) is 3. The minimum atomic E-state index is -1.18. The van der Waals surface area contributed by atoms with Crippen molar-refractivity contribution < 1.29 is 29.4 Å². The zero-order valence-electron chi connectivity index (χ0n) is 10.5. The van der Waals surface area contributed by atoms with Gasteiger partial charge in [-0.15, -0.1) is 0 Å². The van der Waals surface area contributed by atoms with Gasteiger partial charge >= 0.3 is 0 Å². The molecule has 0 bridgehead atoms. The summed E-state index contributed by atoms with van der Waals surface area (Å²) in [5, 5.41) is 9.90. The van der Waals surface area contributed by atoms with Gasteiger partial charge in [0, 0.05) is 25.5 Å². The molecule has 0 saturated carbocycles. The van der Waals surface area contributed by atoms with E-state index in [0.29, 0.717) is 0 Å². The van der Waals surface area contributed by atoms with Gasteiger partial charge in [0.25, 0.3) is 0 Å². The summed E-state index contributed by atoms with van der Waals surface area (Å²) in [6.07, 6.45) is 14.0. The minimum Gasteiger partial charge on any atom is -0.548 e. The van der Waals surface area contributed by atoms with Gasteiger partial charge in [-0.1, -0.05) is 38.2 Å². The summed E-state index contributed by atoms with van der Waals surface area (Å²) in [4.78, 5) is 9.90. The van der Waals surface area contributed by atoms with Crippen LogP contribution < -0.4 is 10.8 Å². The van der Waals surface area contributed by atoms with Crippen LogP contribution in [0.3, 0.4) is 0 Å². The predicted molar refractivity (Wildman–Crippen MR) is 64.6 cm³/mol. The Balaban J connectivity index is 0. The van der Waals surface area contributed by atoms with E-state index in [1.165, 1.54) is 25.7 Å². The van der Waals surface area contributed by atoms with Crippen molar-refractivity contribution in [2.45, 2.75) is 45.6 Å². The second kappa shape index (κ2) is 12.0. The maximum absolute atomic E-state index is 9.90. The van der Waals surface area contributed by atoms with E-state index in [4.69, 9.17) is 5.73 Å². The summed E-state index contributed by atoms with van der Waals surface area (Å²) < 4.78 is 0. The van der Waals surface area contributed by atoms with Gasteiger partial charge in [0.15, 0.2) is 0 Å². The van der Waals surface area contributed by atoms with E-state index in [0.717, 1.165) is 0 Å². The molecule has 0 aromatic carbocycles. The molecule has 101 valence electrons. The van der Waals surface area contributed by atoms with Crippen LogP contribution in [0.4, 0.5) is 0 Å². The first-order valence-electron chi connectivity index (χ1n) is 5.82. The quantitative estimate of drug-likeness (QED) is 0.616. The van der Waals surface area contributed by atoms with Gasteiger partial charge < -0.3 is 15.6 Å². The standard InChI is InChI=1S/C8H12.C5H11NO2.Rh/c1-2-4-6-8-7-5-3-1;1-3(2)4(6)5(7)8;/h1-2,7-8H,3-6H2;3-4H,6H2,1-2H3,(H,7,8);/p-1/b2-1-,8-7-;;/t;4-;/m.1./s1. The summed E-state index contributed by atoms with van der Waals surface area (Å²) in [5.41, 5.74) is 5.10. The Kier molecular flexibility index (Phi) is 13.3. The molecule has 0 saturated heterocycles. The molecule has 4 heteroatoms. The Labute approximate surface area is 117 Å². The van der Waals surface area contributed by atoms with Crippen LogP contribution in [0, 0.1) is 5.92 Å². The van der Waals surface area contributed by atoms with Crippen molar-refractivity contribution in [1.82, 2.24) is 0 Å². The number of nitrogens with two attached hydrogens (primary N) is 1. The number of carboxylic acid groups (broad SMARTS) is 1. The third kappa shape index (κ3) is 11.8. The number of allylic oxidation sites excluding steroid dienone is 4. The van der Waals surface area contributed by atoms with Crippen molar-refractivity contribution >= 4 is 5.97 Å². The molecule has 3 nitrogen and oxygen atoms in total. The van der Waals surface area contributed by atoms with Crippen LogP contribution in [0.5, 0.6) is 0 Å². The molecular formula is C13H22NO2Rh-. The van der Waals surface area contributed by atoms with Crippen LogP contribution in [0.1, 0.15) is 39.5 Å². The fourth-order valence-corrected chi connectivity index (χ4v) is 1.13. The minimum absolute atomic E-state index is 0. The average Bonchev–Trinajstić information content (AvgIpc) is 2.16. The van der Waals surface area contributed by atoms with Crippen molar-refractivity contribution in [2.24, 2.45) is 11.7 Å². The summed E-state index contributed by atoms with van der Waals surface area (Å²) in [6, 6.07) is -0.824. The Morgan fingerprint density at radius 1 is 1.06 bits per heavy atom. The van der Waals surface area contributed by atoms with E-state index >= 15 is 0 Å². The summed E-state index contributed by atoms with van der Waals surface area (Å²) in [7, 11) is 0. The molecule has 0 aromatic rings. The predicted octanol–water partition coefficient (Wildman–Crippen LogP) is 1.39. The van der Waals surface area contributed by atoms with Crippen LogP contribution in [0.2, 0.25) is 0 Å². The van der Waals surface area contributed by atoms with Crippen molar-refractivity contribution in [1.29, 1.82) is 0 Å². The molecule has 1 aliphatic carbocycles. The smallest absolute Gasteiger partial charge is 0.0584 e. The van der Waals surface area contributed by atoms with Crippen LogP contribution in [-0.4, -0.2) is 12.0 Å². The molecule has 0 fully saturated rings. The van der Waals surface area contributed by atoms with Crippen molar-refractivity contribution in [2.75, 3.05) is 0 Å². The molecule has 2 N–H and O–H groups in total. The van der Waals surface area contributed by atoms with Crippen molar-refractivity contribution in [3.63, 3.8) is 0 Å². The molecule has 1 rings (SSSR count). The number of carbonyl (C=O) groups is 1. The Bertz CT molecular complexity index is 224. The van der Waals surface area contributed by atoms with Gasteiger partial charge in [-0.3, -0.25) is 0 Å². The molecule has 1 radical (unpaired) electrons. The van der Waals surface area contributed by atoms with Crippen molar-refractivity contribution in [3.05, 3.63) is 24.3 Å². The molecule has 0 spiro atoms. The summed E-state index contributed by atoms with van der Waals surface area (Å²) >= 11 is 0. The molecule has 0 heterocycles. The van der Waals surface area contributed by atoms with E-state index in [1.807, 2.05) is 0 Å². The van der Waals surface area contributed by atoms with Crippen molar-refractivity contribution in [3.8, 4) is 0 Å². The second-order valence-electron chi connectivity index (χ2n) is 4.19. The van der Waals surface area contributed by atoms with Gasteiger partial charge in [0.2, 0.25) is 0 Å². The first-order chi connectivity index (χ1) is 7.55. The number of hydrogen-bond donors (Lipinski definition) is 1. The topological polar surface area (TPSA) is 66.2 Å². The van der Waals surface area contributed by atoms with Gasteiger partial charge in [-0.2, -0.15) is 0 Å². The van der Waals surface area contributed by atoms with Gasteiger partial charge in [-0.05, 0) is 31.6 Å². The molecular weight excluding hydrogens is 305 g/mol. The summed E-state index contributed by atoms with van der Waals surface area (Å²) in [6.45, 7) is 3.47. The fourth-order valence-electron chi connectivity index (χ4n) is 1.13. The van der Waals surface area contributed by atoms with E-state index in [1.54, 1.807) is 13.8 Å².